The lowest BCUT2D eigenvalue weighted by Crippen LogP contribution is -2.37. The molecule has 1 heterocycles. The Hall–Kier alpha value is -2.14. The van der Waals surface area contributed by atoms with Gasteiger partial charge in [-0.1, -0.05) is 18.2 Å². The Balaban J connectivity index is 2.30. The number of benzene rings is 1. The molecule has 5 nitrogen and oxygen atoms in total. The largest absolute Gasteiger partial charge is 0.480 e. The van der Waals surface area contributed by atoms with Crippen LogP contribution in [0.25, 0.3) is 10.9 Å². The van der Waals surface area contributed by atoms with Crippen LogP contribution in [-0.4, -0.2) is 34.4 Å². The SMILES string of the molecule is Cc1[nH]c2ccccc2c1C(=O)C(C)NCC(=O)O. The van der Waals surface area contributed by atoms with E-state index in [2.05, 4.69) is 10.3 Å². The van der Waals surface area contributed by atoms with Gasteiger partial charge < -0.3 is 10.1 Å². The number of aryl methyl sites for hydroxylation is 1. The van der Waals surface area contributed by atoms with Crippen LogP contribution in [0.15, 0.2) is 24.3 Å². The van der Waals surface area contributed by atoms with E-state index in [4.69, 9.17) is 5.11 Å². The first-order valence-corrected chi connectivity index (χ1v) is 6.07. The van der Waals surface area contributed by atoms with Gasteiger partial charge in [-0.15, -0.1) is 0 Å². The number of ketones is 1. The summed E-state index contributed by atoms with van der Waals surface area (Å²) >= 11 is 0. The maximum absolute atomic E-state index is 12.4. The summed E-state index contributed by atoms with van der Waals surface area (Å²) in [6, 6.07) is 7.04. The number of carboxylic acid groups (broad SMARTS) is 1. The number of carboxylic acids is 1. The van der Waals surface area contributed by atoms with Gasteiger partial charge in [0.25, 0.3) is 0 Å². The molecule has 0 radical (unpaired) electrons. The number of carbonyl (C=O) groups excluding carboxylic acids is 1. The Morgan fingerprint density at radius 2 is 2.05 bits per heavy atom. The van der Waals surface area contributed by atoms with Crippen LogP contribution in [0, 0.1) is 6.92 Å². The molecule has 2 rings (SSSR count). The molecule has 2 aromatic rings. The Kier molecular flexibility index (Phi) is 3.66. The summed E-state index contributed by atoms with van der Waals surface area (Å²) in [7, 11) is 0. The average Bonchev–Trinajstić information content (AvgIpc) is 2.70. The smallest absolute Gasteiger partial charge is 0.317 e. The molecule has 1 unspecified atom stereocenters. The van der Waals surface area contributed by atoms with Crippen molar-refractivity contribution in [3.63, 3.8) is 0 Å². The molecule has 3 N–H and O–H groups in total. The molecule has 0 aliphatic rings. The summed E-state index contributed by atoms with van der Waals surface area (Å²) in [6.45, 7) is 3.29. The van der Waals surface area contributed by atoms with Crippen molar-refractivity contribution in [3.8, 4) is 0 Å². The number of fused-ring (bicyclic) bond motifs is 1. The fraction of sp³-hybridized carbons (Fsp3) is 0.286. The van der Waals surface area contributed by atoms with Crippen molar-refractivity contribution in [2.45, 2.75) is 19.9 Å². The van der Waals surface area contributed by atoms with E-state index < -0.39 is 12.0 Å². The molecule has 0 fully saturated rings. The number of hydrogen-bond acceptors (Lipinski definition) is 3. The number of nitrogens with one attached hydrogen (secondary N) is 2. The lowest BCUT2D eigenvalue weighted by Gasteiger charge is -2.11. The quantitative estimate of drug-likeness (QED) is 0.715. The van der Waals surface area contributed by atoms with Gasteiger partial charge in [0.05, 0.1) is 12.6 Å². The van der Waals surface area contributed by atoms with E-state index in [9.17, 15) is 9.59 Å². The molecular weight excluding hydrogens is 244 g/mol. The van der Waals surface area contributed by atoms with Crippen LogP contribution in [0.4, 0.5) is 0 Å². The van der Waals surface area contributed by atoms with E-state index in [1.165, 1.54) is 0 Å². The zero-order valence-electron chi connectivity index (χ0n) is 10.9. The van der Waals surface area contributed by atoms with Crippen LogP contribution in [0.2, 0.25) is 0 Å². The third-order valence-electron chi connectivity index (χ3n) is 3.09. The first-order valence-electron chi connectivity index (χ1n) is 6.07. The van der Waals surface area contributed by atoms with E-state index in [1.54, 1.807) is 6.92 Å². The number of rotatable bonds is 5. The summed E-state index contributed by atoms with van der Waals surface area (Å²) in [5.41, 5.74) is 2.34. The van der Waals surface area contributed by atoms with Crippen molar-refractivity contribution < 1.29 is 14.7 Å². The number of H-pyrrole nitrogens is 1. The predicted molar refractivity (Wildman–Crippen MR) is 72.5 cm³/mol. The van der Waals surface area contributed by atoms with Crippen molar-refractivity contribution in [1.82, 2.24) is 10.3 Å². The van der Waals surface area contributed by atoms with Crippen molar-refractivity contribution in [1.29, 1.82) is 0 Å². The Labute approximate surface area is 110 Å². The fourth-order valence-corrected chi connectivity index (χ4v) is 2.14. The number of aliphatic carboxylic acids is 1. The number of aromatic amines is 1. The normalized spacial score (nSPS) is 12.5. The highest BCUT2D eigenvalue weighted by Gasteiger charge is 2.21. The Morgan fingerprint density at radius 1 is 1.37 bits per heavy atom. The minimum absolute atomic E-state index is 0.101. The van der Waals surface area contributed by atoms with E-state index in [0.717, 1.165) is 16.6 Å². The number of carbonyl (C=O) groups is 2. The molecule has 0 saturated carbocycles. The zero-order chi connectivity index (χ0) is 14.0. The van der Waals surface area contributed by atoms with E-state index in [1.807, 2.05) is 31.2 Å². The van der Waals surface area contributed by atoms with Crippen LogP contribution >= 0.6 is 0 Å². The fourth-order valence-electron chi connectivity index (χ4n) is 2.14. The second kappa shape index (κ2) is 5.24. The number of para-hydroxylation sites is 1. The maximum Gasteiger partial charge on any atom is 0.317 e. The Morgan fingerprint density at radius 3 is 2.74 bits per heavy atom. The highest BCUT2D eigenvalue weighted by molar-refractivity contribution is 6.11. The molecule has 0 bridgehead atoms. The summed E-state index contributed by atoms with van der Waals surface area (Å²) in [6.07, 6.45) is 0. The van der Waals surface area contributed by atoms with Gasteiger partial charge in [-0.05, 0) is 19.9 Å². The maximum atomic E-state index is 12.4. The number of Topliss-reactive ketones (excluding diaryl/α,β-unsaturated/α-hetero) is 1. The topological polar surface area (TPSA) is 82.2 Å². The predicted octanol–water partition coefficient (Wildman–Crippen LogP) is 1.72. The number of hydrogen-bond donors (Lipinski definition) is 3. The van der Waals surface area contributed by atoms with Gasteiger partial charge >= 0.3 is 5.97 Å². The highest BCUT2D eigenvalue weighted by Crippen LogP contribution is 2.23. The number of aromatic nitrogens is 1. The summed E-state index contributed by atoms with van der Waals surface area (Å²) in [5, 5.41) is 12.2. The van der Waals surface area contributed by atoms with Gasteiger partial charge in [-0.3, -0.25) is 14.9 Å². The third-order valence-corrected chi connectivity index (χ3v) is 3.09. The minimum atomic E-state index is -0.977. The van der Waals surface area contributed by atoms with Crippen LogP contribution in [0.3, 0.4) is 0 Å². The Bertz CT molecular complexity index is 631. The second-order valence-corrected chi connectivity index (χ2v) is 4.53. The monoisotopic (exact) mass is 260 g/mol. The highest BCUT2D eigenvalue weighted by atomic mass is 16.4. The van der Waals surface area contributed by atoms with Gasteiger partial charge in [0.1, 0.15) is 0 Å². The van der Waals surface area contributed by atoms with Crippen LogP contribution in [0.1, 0.15) is 23.0 Å². The van der Waals surface area contributed by atoms with E-state index in [0.29, 0.717) is 5.56 Å². The van der Waals surface area contributed by atoms with Gasteiger partial charge in [0.2, 0.25) is 0 Å². The van der Waals surface area contributed by atoms with Crippen molar-refractivity contribution in [2.75, 3.05) is 6.54 Å². The van der Waals surface area contributed by atoms with Gasteiger partial charge in [0.15, 0.2) is 5.78 Å². The first kappa shape index (κ1) is 13.3. The molecule has 0 amide bonds. The first-order chi connectivity index (χ1) is 9.00. The van der Waals surface area contributed by atoms with Gasteiger partial charge in [-0.2, -0.15) is 0 Å². The van der Waals surface area contributed by atoms with E-state index >= 15 is 0 Å². The molecule has 0 spiro atoms. The molecule has 1 aromatic heterocycles. The van der Waals surface area contributed by atoms with Gasteiger partial charge in [-0.25, -0.2) is 0 Å². The zero-order valence-corrected chi connectivity index (χ0v) is 10.9. The average molecular weight is 260 g/mol. The van der Waals surface area contributed by atoms with Gasteiger partial charge in [0, 0.05) is 22.2 Å². The van der Waals surface area contributed by atoms with Crippen molar-refractivity contribution in [3.05, 3.63) is 35.5 Å². The molecule has 19 heavy (non-hydrogen) atoms. The molecule has 1 atom stereocenters. The molecule has 100 valence electrons. The minimum Gasteiger partial charge on any atom is -0.480 e. The molecule has 5 heteroatoms. The van der Waals surface area contributed by atoms with Crippen LogP contribution < -0.4 is 5.32 Å². The molecule has 0 saturated heterocycles. The molecule has 1 aromatic carbocycles. The van der Waals surface area contributed by atoms with Crippen LogP contribution in [0.5, 0.6) is 0 Å². The summed E-state index contributed by atoms with van der Waals surface area (Å²) in [5.74, 6) is -1.08. The third kappa shape index (κ3) is 2.66. The molecular formula is C14H16N2O3. The standard InChI is InChI=1S/C14H16N2O3/c1-8-13(10-5-3-4-6-11(10)16-8)14(19)9(2)15-7-12(17)18/h3-6,9,15-16H,7H2,1-2H3,(H,17,18). The second-order valence-electron chi connectivity index (χ2n) is 4.53. The summed E-state index contributed by atoms with van der Waals surface area (Å²) in [4.78, 5) is 26.1. The van der Waals surface area contributed by atoms with E-state index in [-0.39, 0.29) is 12.3 Å². The molecule has 0 aliphatic heterocycles. The van der Waals surface area contributed by atoms with Crippen LogP contribution in [-0.2, 0) is 4.79 Å². The lowest BCUT2D eigenvalue weighted by atomic mass is 10.0. The molecule has 0 aliphatic carbocycles. The summed E-state index contributed by atoms with van der Waals surface area (Å²) < 4.78 is 0. The van der Waals surface area contributed by atoms with Crippen molar-refractivity contribution in [2.24, 2.45) is 0 Å². The van der Waals surface area contributed by atoms with Crippen molar-refractivity contribution >= 4 is 22.7 Å². The lowest BCUT2D eigenvalue weighted by molar-refractivity contribution is -0.136.